The number of nitrogens with one attached hydrogen (secondary N) is 1. The second-order valence-electron chi connectivity index (χ2n) is 5.14. The highest BCUT2D eigenvalue weighted by Crippen LogP contribution is 2.08. The average Bonchev–Trinajstić information content (AvgIpc) is 2.46. The Morgan fingerprint density at radius 1 is 1.29 bits per heavy atom. The van der Waals surface area contributed by atoms with Gasteiger partial charge in [0.05, 0.1) is 19.3 Å². The summed E-state index contributed by atoms with van der Waals surface area (Å²) < 4.78 is 31.3. The van der Waals surface area contributed by atoms with Crippen molar-refractivity contribution in [3.63, 3.8) is 0 Å². The molecule has 1 fully saturated rings. The Morgan fingerprint density at radius 2 is 1.90 bits per heavy atom. The number of nitrogens with zero attached hydrogens (tertiary/aromatic N) is 1. The minimum Gasteiger partial charge on any atom is -0.378 e. The van der Waals surface area contributed by atoms with E-state index in [2.05, 4.69) is 5.32 Å². The molecule has 116 valence electrons. The number of hydrogen-bond donors (Lipinski definition) is 1. The molecule has 1 atom stereocenters. The average molecular weight is 298 g/mol. The molecule has 1 aromatic rings. The molecule has 1 aromatic carbocycles. The summed E-state index contributed by atoms with van der Waals surface area (Å²) in [6, 6.07) is 3.14. The van der Waals surface area contributed by atoms with Gasteiger partial charge in [0, 0.05) is 19.2 Å². The third kappa shape index (κ3) is 4.75. The SMILES string of the molecule is CC(NCCc1cc(F)cc(F)c1)C(=O)N1CCOCC1. The fraction of sp³-hybridized carbons (Fsp3) is 0.533. The van der Waals surface area contributed by atoms with E-state index in [4.69, 9.17) is 4.74 Å². The van der Waals surface area contributed by atoms with Crippen LogP contribution in [-0.4, -0.2) is 49.7 Å². The first-order valence-corrected chi connectivity index (χ1v) is 7.11. The number of rotatable bonds is 5. The molecule has 4 nitrogen and oxygen atoms in total. The lowest BCUT2D eigenvalue weighted by molar-refractivity contribution is -0.137. The Balaban J connectivity index is 1.78. The topological polar surface area (TPSA) is 41.6 Å². The van der Waals surface area contributed by atoms with Gasteiger partial charge in [0.25, 0.3) is 0 Å². The van der Waals surface area contributed by atoms with Crippen molar-refractivity contribution >= 4 is 5.91 Å². The van der Waals surface area contributed by atoms with Crippen LogP contribution in [0.4, 0.5) is 8.78 Å². The van der Waals surface area contributed by atoms with Crippen LogP contribution in [0.2, 0.25) is 0 Å². The van der Waals surface area contributed by atoms with Gasteiger partial charge in [0.15, 0.2) is 0 Å². The monoisotopic (exact) mass is 298 g/mol. The van der Waals surface area contributed by atoms with Gasteiger partial charge in [0.2, 0.25) is 5.91 Å². The van der Waals surface area contributed by atoms with Gasteiger partial charge in [-0.25, -0.2) is 8.78 Å². The van der Waals surface area contributed by atoms with Crippen LogP contribution in [0.3, 0.4) is 0 Å². The number of morpholine rings is 1. The summed E-state index contributed by atoms with van der Waals surface area (Å²) in [4.78, 5) is 13.9. The maximum atomic E-state index is 13.1. The van der Waals surface area contributed by atoms with Gasteiger partial charge in [-0.15, -0.1) is 0 Å². The molecular weight excluding hydrogens is 278 g/mol. The van der Waals surface area contributed by atoms with Crippen LogP contribution >= 0.6 is 0 Å². The lowest BCUT2D eigenvalue weighted by Gasteiger charge is -2.29. The number of halogens is 2. The summed E-state index contributed by atoms with van der Waals surface area (Å²) in [7, 11) is 0. The Kier molecular flexibility index (Phi) is 5.64. The van der Waals surface area contributed by atoms with E-state index in [0.29, 0.717) is 44.8 Å². The normalized spacial score (nSPS) is 16.8. The predicted octanol–water partition coefficient (Wildman–Crippen LogP) is 1.34. The molecule has 1 aliphatic rings. The Morgan fingerprint density at radius 3 is 2.52 bits per heavy atom. The van der Waals surface area contributed by atoms with Gasteiger partial charge >= 0.3 is 0 Å². The Hall–Kier alpha value is -1.53. The maximum absolute atomic E-state index is 13.1. The van der Waals surface area contributed by atoms with Gasteiger partial charge in [-0.3, -0.25) is 4.79 Å². The van der Waals surface area contributed by atoms with Crippen molar-refractivity contribution in [2.24, 2.45) is 0 Å². The molecule has 0 bridgehead atoms. The van der Waals surface area contributed by atoms with E-state index in [0.717, 1.165) is 6.07 Å². The molecule has 1 amide bonds. The maximum Gasteiger partial charge on any atom is 0.239 e. The second kappa shape index (κ2) is 7.47. The summed E-state index contributed by atoms with van der Waals surface area (Å²) in [5, 5.41) is 3.09. The molecule has 0 aromatic heterocycles. The van der Waals surface area contributed by atoms with Crippen molar-refractivity contribution in [3.8, 4) is 0 Å². The van der Waals surface area contributed by atoms with Crippen LogP contribution in [0.15, 0.2) is 18.2 Å². The summed E-state index contributed by atoms with van der Waals surface area (Å²) in [6.07, 6.45) is 0.468. The van der Waals surface area contributed by atoms with Gasteiger partial charge in [-0.2, -0.15) is 0 Å². The van der Waals surface area contributed by atoms with Crippen molar-refractivity contribution in [1.82, 2.24) is 10.2 Å². The van der Waals surface area contributed by atoms with Crippen molar-refractivity contribution in [1.29, 1.82) is 0 Å². The number of carbonyl (C=O) groups excluding carboxylic acids is 1. The lowest BCUT2D eigenvalue weighted by Crippen LogP contribution is -2.49. The van der Waals surface area contributed by atoms with Crippen LogP contribution in [0, 0.1) is 11.6 Å². The van der Waals surface area contributed by atoms with Crippen LogP contribution in [0.1, 0.15) is 12.5 Å². The molecule has 1 saturated heterocycles. The van der Waals surface area contributed by atoms with E-state index < -0.39 is 11.6 Å². The van der Waals surface area contributed by atoms with E-state index in [9.17, 15) is 13.6 Å². The number of carbonyl (C=O) groups is 1. The molecule has 1 N–H and O–H groups in total. The number of hydrogen-bond acceptors (Lipinski definition) is 3. The minimum absolute atomic E-state index is 0.0312. The number of amides is 1. The molecule has 1 unspecified atom stereocenters. The lowest BCUT2D eigenvalue weighted by atomic mass is 10.1. The Labute approximate surface area is 123 Å². The molecule has 2 rings (SSSR count). The third-order valence-electron chi connectivity index (χ3n) is 3.48. The second-order valence-corrected chi connectivity index (χ2v) is 5.14. The first kappa shape index (κ1) is 15.9. The smallest absolute Gasteiger partial charge is 0.239 e. The molecule has 0 aliphatic carbocycles. The fourth-order valence-corrected chi connectivity index (χ4v) is 2.33. The van der Waals surface area contributed by atoms with E-state index in [-0.39, 0.29) is 11.9 Å². The quantitative estimate of drug-likeness (QED) is 0.892. The van der Waals surface area contributed by atoms with Crippen LogP contribution in [0.5, 0.6) is 0 Å². The van der Waals surface area contributed by atoms with Crippen molar-refractivity contribution in [3.05, 3.63) is 35.4 Å². The third-order valence-corrected chi connectivity index (χ3v) is 3.48. The highest BCUT2D eigenvalue weighted by molar-refractivity contribution is 5.81. The van der Waals surface area contributed by atoms with Crippen molar-refractivity contribution < 1.29 is 18.3 Å². The highest BCUT2D eigenvalue weighted by atomic mass is 19.1. The van der Waals surface area contributed by atoms with Gasteiger partial charge in [-0.05, 0) is 37.6 Å². The molecule has 0 spiro atoms. The standard InChI is InChI=1S/C15H20F2N2O2/c1-11(15(20)19-4-6-21-7-5-19)18-3-2-12-8-13(16)10-14(17)9-12/h8-11,18H,2-7H2,1H3. The molecular formula is C15H20F2N2O2. The van der Waals surface area contributed by atoms with Gasteiger partial charge in [-0.1, -0.05) is 0 Å². The minimum atomic E-state index is -0.581. The summed E-state index contributed by atoms with van der Waals surface area (Å²) >= 11 is 0. The molecule has 21 heavy (non-hydrogen) atoms. The highest BCUT2D eigenvalue weighted by Gasteiger charge is 2.21. The number of benzene rings is 1. The van der Waals surface area contributed by atoms with Crippen LogP contribution in [0.25, 0.3) is 0 Å². The summed E-state index contributed by atoms with van der Waals surface area (Å²) in [6.45, 7) is 4.64. The first-order valence-electron chi connectivity index (χ1n) is 7.11. The fourth-order valence-electron chi connectivity index (χ4n) is 2.33. The Bertz CT molecular complexity index is 470. The first-order chi connectivity index (χ1) is 10.1. The predicted molar refractivity (Wildman–Crippen MR) is 74.9 cm³/mol. The van der Waals surface area contributed by atoms with Gasteiger partial charge < -0.3 is 15.0 Å². The van der Waals surface area contributed by atoms with E-state index >= 15 is 0 Å². The van der Waals surface area contributed by atoms with E-state index in [1.807, 2.05) is 0 Å². The number of ether oxygens (including phenoxy) is 1. The molecule has 0 radical (unpaired) electrons. The molecule has 6 heteroatoms. The summed E-state index contributed by atoms with van der Waals surface area (Å²) in [5.74, 6) is -1.13. The van der Waals surface area contributed by atoms with Crippen LogP contribution in [-0.2, 0) is 16.0 Å². The molecule has 1 aliphatic heterocycles. The zero-order valence-corrected chi connectivity index (χ0v) is 12.1. The molecule has 1 heterocycles. The van der Waals surface area contributed by atoms with E-state index in [1.54, 1.807) is 11.8 Å². The van der Waals surface area contributed by atoms with Crippen LogP contribution < -0.4 is 5.32 Å². The van der Waals surface area contributed by atoms with Crippen molar-refractivity contribution in [2.45, 2.75) is 19.4 Å². The molecule has 0 saturated carbocycles. The van der Waals surface area contributed by atoms with Gasteiger partial charge in [0.1, 0.15) is 11.6 Å². The zero-order valence-electron chi connectivity index (χ0n) is 12.1. The summed E-state index contributed by atoms with van der Waals surface area (Å²) in [5.41, 5.74) is 0.575. The largest absolute Gasteiger partial charge is 0.378 e. The van der Waals surface area contributed by atoms with Crippen molar-refractivity contribution in [2.75, 3.05) is 32.8 Å². The zero-order chi connectivity index (χ0) is 15.2. The van der Waals surface area contributed by atoms with E-state index in [1.165, 1.54) is 12.1 Å².